The molecule has 0 bridgehead atoms. The second-order valence-corrected chi connectivity index (χ2v) is 3.87. The van der Waals surface area contributed by atoms with E-state index in [0.29, 0.717) is 6.54 Å². The van der Waals surface area contributed by atoms with Crippen LogP contribution in [-0.4, -0.2) is 23.5 Å². The Balaban J connectivity index is 2.66. The maximum Gasteiger partial charge on any atom is 0.253 e. The number of aromatic nitrogens is 1. The van der Waals surface area contributed by atoms with E-state index in [1.54, 1.807) is 0 Å². The fraction of sp³-hybridized carbons (Fsp3) is 0.455. The first-order valence-electron chi connectivity index (χ1n) is 5.16. The molecule has 1 aromatic rings. The number of amides is 1. The fourth-order valence-corrected chi connectivity index (χ4v) is 1.17. The molecule has 16 heavy (non-hydrogen) atoms. The van der Waals surface area contributed by atoms with Crippen molar-refractivity contribution in [3.63, 3.8) is 0 Å². The summed E-state index contributed by atoms with van der Waals surface area (Å²) in [5, 5.41) is 2.75. The number of nitrogens with zero attached hydrogens (tertiary/aromatic N) is 1. The van der Waals surface area contributed by atoms with Gasteiger partial charge in [-0.3, -0.25) is 9.78 Å². The van der Waals surface area contributed by atoms with Crippen LogP contribution in [0.5, 0.6) is 0 Å². The Morgan fingerprint density at radius 2 is 2.25 bits per heavy atom. The number of hydrogen-bond donors (Lipinski definition) is 2. The molecule has 0 spiro atoms. The number of nitrogens with one attached hydrogen (secondary N) is 1. The third-order valence-corrected chi connectivity index (χ3v) is 2.55. The van der Waals surface area contributed by atoms with Crippen LogP contribution < -0.4 is 11.1 Å². The van der Waals surface area contributed by atoms with Crippen molar-refractivity contribution in [1.82, 2.24) is 10.3 Å². The second-order valence-electron chi connectivity index (χ2n) is 3.87. The van der Waals surface area contributed by atoms with Crippen molar-refractivity contribution in [2.24, 2.45) is 11.7 Å². The molecule has 1 amide bonds. The zero-order chi connectivity index (χ0) is 12.1. The van der Waals surface area contributed by atoms with Crippen LogP contribution in [0, 0.1) is 11.7 Å². The van der Waals surface area contributed by atoms with Crippen molar-refractivity contribution in [3.8, 4) is 0 Å². The standard InChI is InChI=1S/C11H16FN3O/c1-7(4-13)8(2)15-11(16)9-3-10(12)6-14-5-9/h3,5-8H,4,13H2,1-2H3,(H,15,16). The van der Waals surface area contributed by atoms with Gasteiger partial charge in [0.2, 0.25) is 0 Å². The predicted molar refractivity (Wildman–Crippen MR) is 59.3 cm³/mol. The molecule has 0 fully saturated rings. The summed E-state index contributed by atoms with van der Waals surface area (Å²) in [5.74, 6) is -0.683. The Kier molecular flexibility index (Phi) is 4.37. The van der Waals surface area contributed by atoms with Gasteiger partial charge < -0.3 is 11.1 Å². The van der Waals surface area contributed by atoms with Crippen LogP contribution in [0.1, 0.15) is 24.2 Å². The summed E-state index contributed by atoms with van der Waals surface area (Å²) in [5.41, 5.74) is 5.71. The number of pyridine rings is 1. The Morgan fingerprint density at radius 1 is 1.56 bits per heavy atom. The zero-order valence-electron chi connectivity index (χ0n) is 9.40. The van der Waals surface area contributed by atoms with Crippen molar-refractivity contribution >= 4 is 5.91 Å². The molecule has 1 aromatic heterocycles. The summed E-state index contributed by atoms with van der Waals surface area (Å²) >= 11 is 0. The highest BCUT2D eigenvalue weighted by Gasteiger charge is 2.15. The molecule has 0 aliphatic rings. The number of nitrogens with two attached hydrogens (primary N) is 1. The van der Waals surface area contributed by atoms with Gasteiger partial charge in [-0.2, -0.15) is 0 Å². The highest BCUT2D eigenvalue weighted by Crippen LogP contribution is 2.04. The monoisotopic (exact) mass is 225 g/mol. The Morgan fingerprint density at radius 3 is 2.81 bits per heavy atom. The summed E-state index contributed by atoms with van der Waals surface area (Å²) in [6, 6.07) is 1.10. The second kappa shape index (κ2) is 5.55. The molecule has 3 N–H and O–H groups in total. The lowest BCUT2D eigenvalue weighted by atomic mass is 10.0. The van der Waals surface area contributed by atoms with Gasteiger partial charge in [0.1, 0.15) is 5.82 Å². The number of rotatable bonds is 4. The molecule has 88 valence electrons. The van der Waals surface area contributed by atoms with E-state index >= 15 is 0 Å². The largest absolute Gasteiger partial charge is 0.349 e. The molecule has 0 saturated carbocycles. The van der Waals surface area contributed by atoms with Crippen LogP contribution in [0.2, 0.25) is 0 Å². The minimum Gasteiger partial charge on any atom is -0.349 e. The lowest BCUT2D eigenvalue weighted by molar-refractivity contribution is 0.0928. The van der Waals surface area contributed by atoms with E-state index in [-0.39, 0.29) is 23.4 Å². The lowest BCUT2D eigenvalue weighted by Crippen LogP contribution is -2.39. The predicted octanol–water partition coefficient (Wildman–Crippen LogP) is 0.934. The molecule has 0 radical (unpaired) electrons. The molecule has 2 atom stereocenters. The maximum absolute atomic E-state index is 12.8. The summed E-state index contributed by atoms with van der Waals surface area (Å²) in [6.45, 7) is 4.29. The Bertz CT molecular complexity index is 370. The van der Waals surface area contributed by atoms with E-state index in [4.69, 9.17) is 5.73 Å². The van der Waals surface area contributed by atoms with Crippen molar-refractivity contribution in [1.29, 1.82) is 0 Å². The molecule has 1 heterocycles. The van der Waals surface area contributed by atoms with Crippen LogP contribution in [0.4, 0.5) is 4.39 Å². The molecule has 0 aliphatic heterocycles. The summed E-state index contributed by atoms with van der Waals surface area (Å²) < 4.78 is 12.8. The average Bonchev–Trinajstić information content (AvgIpc) is 2.27. The van der Waals surface area contributed by atoms with E-state index in [9.17, 15) is 9.18 Å². The molecular formula is C11H16FN3O. The van der Waals surface area contributed by atoms with Gasteiger partial charge in [0.05, 0.1) is 11.8 Å². The third kappa shape index (κ3) is 3.27. The quantitative estimate of drug-likeness (QED) is 0.801. The van der Waals surface area contributed by atoms with Crippen molar-refractivity contribution in [2.75, 3.05) is 6.54 Å². The minimum absolute atomic E-state index is 0.0548. The molecule has 1 rings (SSSR count). The summed E-state index contributed by atoms with van der Waals surface area (Å²) in [4.78, 5) is 15.3. The Labute approximate surface area is 94.1 Å². The zero-order valence-corrected chi connectivity index (χ0v) is 9.40. The van der Waals surface area contributed by atoms with Gasteiger partial charge in [-0.25, -0.2) is 4.39 Å². The van der Waals surface area contributed by atoms with E-state index < -0.39 is 5.82 Å². The molecule has 0 saturated heterocycles. The molecule has 4 nitrogen and oxygen atoms in total. The number of halogens is 1. The highest BCUT2D eigenvalue weighted by molar-refractivity contribution is 5.94. The van der Waals surface area contributed by atoms with Gasteiger partial charge in [0, 0.05) is 12.2 Å². The van der Waals surface area contributed by atoms with E-state index in [1.807, 2.05) is 13.8 Å². The van der Waals surface area contributed by atoms with E-state index in [2.05, 4.69) is 10.3 Å². The van der Waals surface area contributed by atoms with Crippen LogP contribution in [0.15, 0.2) is 18.5 Å². The SMILES string of the molecule is CC(CN)C(C)NC(=O)c1cncc(F)c1. The topological polar surface area (TPSA) is 68.0 Å². The molecular weight excluding hydrogens is 209 g/mol. The van der Waals surface area contributed by atoms with Crippen LogP contribution >= 0.6 is 0 Å². The summed E-state index contributed by atoms with van der Waals surface area (Å²) in [6.07, 6.45) is 2.39. The first-order chi connectivity index (χ1) is 7.54. The van der Waals surface area contributed by atoms with Crippen molar-refractivity contribution in [2.45, 2.75) is 19.9 Å². The molecule has 2 unspecified atom stereocenters. The van der Waals surface area contributed by atoms with Gasteiger partial charge in [0.15, 0.2) is 0 Å². The van der Waals surface area contributed by atoms with Crippen LogP contribution in [-0.2, 0) is 0 Å². The van der Waals surface area contributed by atoms with Gasteiger partial charge in [-0.1, -0.05) is 6.92 Å². The van der Waals surface area contributed by atoms with Gasteiger partial charge in [-0.05, 0) is 25.5 Å². The number of carbonyl (C=O) groups excluding carboxylic acids is 1. The minimum atomic E-state index is -0.521. The van der Waals surface area contributed by atoms with Gasteiger partial charge >= 0.3 is 0 Å². The number of hydrogen-bond acceptors (Lipinski definition) is 3. The van der Waals surface area contributed by atoms with Crippen molar-refractivity contribution < 1.29 is 9.18 Å². The van der Waals surface area contributed by atoms with E-state index in [1.165, 1.54) is 6.20 Å². The van der Waals surface area contributed by atoms with Crippen molar-refractivity contribution in [3.05, 3.63) is 29.8 Å². The van der Waals surface area contributed by atoms with Gasteiger partial charge in [-0.15, -0.1) is 0 Å². The average molecular weight is 225 g/mol. The first-order valence-corrected chi connectivity index (χ1v) is 5.16. The smallest absolute Gasteiger partial charge is 0.253 e. The third-order valence-electron chi connectivity index (χ3n) is 2.55. The molecule has 5 heteroatoms. The fourth-order valence-electron chi connectivity index (χ4n) is 1.17. The van der Waals surface area contributed by atoms with Crippen LogP contribution in [0.25, 0.3) is 0 Å². The maximum atomic E-state index is 12.8. The normalized spacial score (nSPS) is 14.2. The van der Waals surface area contributed by atoms with Crippen LogP contribution in [0.3, 0.4) is 0 Å². The Hall–Kier alpha value is -1.49. The number of carbonyl (C=O) groups is 1. The highest BCUT2D eigenvalue weighted by atomic mass is 19.1. The first kappa shape index (κ1) is 12.6. The summed E-state index contributed by atoms with van der Waals surface area (Å²) in [7, 11) is 0. The molecule has 0 aromatic carbocycles. The van der Waals surface area contributed by atoms with E-state index in [0.717, 1.165) is 12.3 Å². The lowest BCUT2D eigenvalue weighted by Gasteiger charge is -2.19. The molecule has 0 aliphatic carbocycles. The van der Waals surface area contributed by atoms with Gasteiger partial charge in [0.25, 0.3) is 5.91 Å².